The lowest BCUT2D eigenvalue weighted by Gasteiger charge is -2.05. The summed E-state index contributed by atoms with van der Waals surface area (Å²) in [5.41, 5.74) is 5.08. The zero-order valence-corrected chi connectivity index (χ0v) is 15.3. The van der Waals surface area contributed by atoms with Crippen LogP contribution in [0.15, 0.2) is 64.1 Å². The molecule has 0 unspecified atom stereocenters. The zero-order valence-electron chi connectivity index (χ0n) is 15.3. The molecule has 2 N–H and O–H groups in total. The van der Waals surface area contributed by atoms with E-state index in [1.165, 1.54) is 12.3 Å². The van der Waals surface area contributed by atoms with Crippen LogP contribution in [0.25, 0.3) is 11.3 Å². The Balaban J connectivity index is 1.71. The number of nitrogens with zero attached hydrogens (tertiary/aromatic N) is 2. The van der Waals surface area contributed by atoms with Gasteiger partial charge in [0.25, 0.3) is 5.69 Å². The minimum Gasteiger partial charge on any atom is -0.455 e. The molecule has 0 aliphatic heterocycles. The number of carbonyl (C=O) groups excluding carboxylic acids is 1. The van der Waals surface area contributed by atoms with Crippen LogP contribution in [0.3, 0.4) is 0 Å². The van der Waals surface area contributed by atoms with Gasteiger partial charge in [-0.25, -0.2) is 10.2 Å². The van der Waals surface area contributed by atoms with Gasteiger partial charge in [-0.15, -0.1) is 0 Å². The van der Waals surface area contributed by atoms with E-state index >= 15 is 0 Å². The van der Waals surface area contributed by atoms with Crippen molar-refractivity contribution in [2.45, 2.75) is 13.8 Å². The molecule has 142 valence electrons. The Labute approximate surface area is 161 Å². The minimum absolute atomic E-state index is 0.0266. The van der Waals surface area contributed by atoms with Gasteiger partial charge in [0.15, 0.2) is 0 Å². The predicted molar refractivity (Wildman–Crippen MR) is 106 cm³/mol. The molecule has 3 rings (SSSR count). The first kappa shape index (κ1) is 18.8. The van der Waals surface area contributed by atoms with E-state index in [0.717, 1.165) is 11.1 Å². The molecule has 1 aromatic heterocycles. The van der Waals surface area contributed by atoms with Crippen molar-refractivity contribution in [2.75, 3.05) is 5.32 Å². The number of nitrogens with one attached hydrogen (secondary N) is 2. The van der Waals surface area contributed by atoms with Crippen LogP contribution >= 0.6 is 0 Å². The number of benzene rings is 2. The number of aryl methyl sites for hydroxylation is 2. The summed E-state index contributed by atoms with van der Waals surface area (Å²) in [7, 11) is 0. The zero-order chi connectivity index (χ0) is 20.1. The number of rotatable bonds is 5. The van der Waals surface area contributed by atoms with E-state index in [9.17, 15) is 14.9 Å². The van der Waals surface area contributed by atoms with Crippen LogP contribution < -0.4 is 10.7 Å². The quantitative estimate of drug-likeness (QED) is 0.383. The van der Waals surface area contributed by atoms with E-state index in [1.54, 1.807) is 42.5 Å². The number of nitro groups is 1. The van der Waals surface area contributed by atoms with Gasteiger partial charge in [-0.1, -0.05) is 18.2 Å². The maximum absolute atomic E-state index is 11.8. The van der Waals surface area contributed by atoms with Crippen LogP contribution in [0.1, 0.15) is 16.9 Å². The molecule has 28 heavy (non-hydrogen) atoms. The first-order valence-electron chi connectivity index (χ1n) is 8.45. The third-order valence-corrected chi connectivity index (χ3v) is 4.09. The molecule has 0 aliphatic carbocycles. The third-order valence-electron chi connectivity index (χ3n) is 4.09. The summed E-state index contributed by atoms with van der Waals surface area (Å²) in [6, 6.07) is 14.9. The van der Waals surface area contributed by atoms with Crippen molar-refractivity contribution < 1.29 is 14.1 Å². The molecule has 0 atom stereocenters. The Hall–Kier alpha value is -3.94. The fourth-order valence-corrected chi connectivity index (χ4v) is 2.55. The Morgan fingerprint density at radius 3 is 2.54 bits per heavy atom. The number of nitro benzene ring substituents is 1. The van der Waals surface area contributed by atoms with Crippen LogP contribution in [0, 0.1) is 24.0 Å². The van der Waals surface area contributed by atoms with Crippen molar-refractivity contribution in [3.05, 3.63) is 81.6 Å². The predicted octanol–water partition coefficient (Wildman–Crippen LogP) is 4.63. The third kappa shape index (κ3) is 4.42. The Bertz CT molecular complexity index is 1040. The molecule has 0 radical (unpaired) electrons. The van der Waals surface area contributed by atoms with Gasteiger partial charge >= 0.3 is 6.03 Å². The van der Waals surface area contributed by atoms with Crippen LogP contribution in [0.4, 0.5) is 16.2 Å². The second kappa shape index (κ2) is 8.17. The van der Waals surface area contributed by atoms with Crippen LogP contribution in [-0.4, -0.2) is 17.2 Å². The molecule has 0 aliphatic rings. The maximum Gasteiger partial charge on any atom is 0.339 e. The maximum atomic E-state index is 11.8. The number of hydrazone groups is 1. The largest absolute Gasteiger partial charge is 0.455 e. The molecule has 0 saturated carbocycles. The van der Waals surface area contributed by atoms with Crippen molar-refractivity contribution in [3.8, 4) is 11.3 Å². The fraction of sp³-hybridized carbons (Fsp3) is 0.100. The monoisotopic (exact) mass is 378 g/mol. The Morgan fingerprint density at radius 1 is 1.11 bits per heavy atom. The number of urea groups is 1. The summed E-state index contributed by atoms with van der Waals surface area (Å²) in [6.07, 6.45) is 1.32. The van der Waals surface area contributed by atoms with Crippen molar-refractivity contribution in [1.29, 1.82) is 0 Å². The highest BCUT2D eigenvalue weighted by Gasteiger charge is 2.19. The summed E-state index contributed by atoms with van der Waals surface area (Å²) >= 11 is 0. The molecule has 2 aromatic carbocycles. The summed E-state index contributed by atoms with van der Waals surface area (Å²) in [4.78, 5) is 22.7. The van der Waals surface area contributed by atoms with E-state index in [2.05, 4.69) is 15.8 Å². The standard InChI is InChI=1S/C20H18N4O4/c1-13-10-17(18(24(26)27)11-14(13)2)19-9-8-16(28-19)12-21-23-20(25)22-15-6-4-3-5-7-15/h3-12H,1-2H3,(H2,22,23,25). The van der Waals surface area contributed by atoms with Crippen molar-refractivity contribution in [2.24, 2.45) is 5.10 Å². The van der Waals surface area contributed by atoms with E-state index in [-0.39, 0.29) is 5.69 Å². The molecule has 8 heteroatoms. The van der Waals surface area contributed by atoms with E-state index in [1.807, 2.05) is 19.9 Å². The van der Waals surface area contributed by atoms with Crippen LogP contribution in [-0.2, 0) is 0 Å². The van der Waals surface area contributed by atoms with Gasteiger partial charge in [0.2, 0.25) is 0 Å². The number of furan rings is 1. The lowest BCUT2D eigenvalue weighted by Crippen LogP contribution is -2.24. The highest BCUT2D eigenvalue weighted by Crippen LogP contribution is 2.33. The van der Waals surface area contributed by atoms with Crippen molar-refractivity contribution in [1.82, 2.24) is 5.43 Å². The number of hydrogen-bond acceptors (Lipinski definition) is 5. The molecule has 0 fully saturated rings. The van der Waals surface area contributed by atoms with Crippen LogP contribution in [0.5, 0.6) is 0 Å². The van der Waals surface area contributed by atoms with Gasteiger partial charge in [0, 0.05) is 11.8 Å². The molecule has 0 spiro atoms. The highest BCUT2D eigenvalue weighted by molar-refractivity contribution is 5.90. The average Bonchev–Trinajstić information content (AvgIpc) is 3.13. The molecule has 2 amide bonds. The number of para-hydroxylation sites is 1. The van der Waals surface area contributed by atoms with Crippen LogP contribution in [0.2, 0.25) is 0 Å². The first-order chi connectivity index (χ1) is 13.4. The SMILES string of the molecule is Cc1cc(-c2ccc(C=NNC(=O)Nc3ccccc3)o2)c([N+](=O)[O-])cc1C. The van der Waals surface area contributed by atoms with Gasteiger partial charge in [0.05, 0.1) is 16.7 Å². The smallest absolute Gasteiger partial charge is 0.339 e. The second-order valence-electron chi connectivity index (χ2n) is 6.10. The second-order valence-corrected chi connectivity index (χ2v) is 6.10. The molecule has 8 nitrogen and oxygen atoms in total. The molecule has 1 heterocycles. The Morgan fingerprint density at radius 2 is 1.82 bits per heavy atom. The minimum atomic E-state index is -0.501. The summed E-state index contributed by atoms with van der Waals surface area (Å²) in [5, 5.41) is 17.8. The van der Waals surface area contributed by atoms with E-state index in [4.69, 9.17) is 4.42 Å². The van der Waals surface area contributed by atoms with Gasteiger partial charge in [-0.05, 0) is 55.3 Å². The first-order valence-corrected chi connectivity index (χ1v) is 8.45. The highest BCUT2D eigenvalue weighted by atomic mass is 16.6. The molecular weight excluding hydrogens is 360 g/mol. The fourth-order valence-electron chi connectivity index (χ4n) is 2.55. The summed E-state index contributed by atoms with van der Waals surface area (Å²) < 4.78 is 5.63. The molecular formula is C20H18N4O4. The Kier molecular flexibility index (Phi) is 5.50. The van der Waals surface area contributed by atoms with E-state index < -0.39 is 11.0 Å². The molecule has 0 saturated heterocycles. The van der Waals surface area contributed by atoms with Crippen molar-refractivity contribution in [3.63, 3.8) is 0 Å². The lowest BCUT2D eigenvalue weighted by atomic mass is 10.0. The number of carbonyl (C=O) groups is 1. The number of anilines is 1. The topological polar surface area (TPSA) is 110 Å². The van der Waals surface area contributed by atoms with E-state index in [0.29, 0.717) is 22.8 Å². The lowest BCUT2D eigenvalue weighted by molar-refractivity contribution is -0.384. The summed E-state index contributed by atoms with van der Waals surface area (Å²) in [6.45, 7) is 3.70. The van der Waals surface area contributed by atoms with Gasteiger partial charge in [-0.2, -0.15) is 5.10 Å². The number of amides is 2. The average molecular weight is 378 g/mol. The van der Waals surface area contributed by atoms with Crippen molar-refractivity contribution >= 4 is 23.6 Å². The van der Waals surface area contributed by atoms with Gasteiger partial charge < -0.3 is 9.73 Å². The molecule has 0 bridgehead atoms. The van der Waals surface area contributed by atoms with Gasteiger partial charge in [0.1, 0.15) is 11.5 Å². The van der Waals surface area contributed by atoms with Gasteiger partial charge in [-0.3, -0.25) is 10.1 Å². The summed E-state index contributed by atoms with van der Waals surface area (Å²) in [5.74, 6) is 0.701. The molecule has 3 aromatic rings. The number of hydrogen-bond donors (Lipinski definition) is 2. The normalized spacial score (nSPS) is 10.8.